The van der Waals surface area contributed by atoms with Crippen molar-refractivity contribution in [2.24, 2.45) is 0 Å². The van der Waals surface area contributed by atoms with Crippen molar-refractivity contribution in [1.29, 1.82) is 0 Å². The number of hydrogen-bond donors (Lipinski definition) is 1. The van der Waals surface area contributed by atoms with Gasteiger partial charge in [0.25, 0.3) is 5.56 Å². The van der Waals surface area contributed by atoms with Crippen LogP contribution in [-0.4, -0.2) is 15.8 Å². The zero-order valence-corrected chi connectivity index (χ0v) is 16.1. The summed E-state index contributed by atoms with van der Waals surface area (Å²) in [6.45, 7) is 0.236. The van der Waals surface area contributed by atoms with E-state index < -0.39 is 6.10 Å². The van der Waals surface area contributed by atoms with Crippen molar-refractivity contribution < 1.29 is 14.2 Å². The molecule has 4 rings (SSSR count). The highest BCUT2D eigenvalue weighted by molar-refractivity contribution is 5.69. The zero-order valence-electron chi connectivity index (χ0n) is 16.1. The van der Waals surface area contributed by atoms with Crippen molar-refractivity contribution >= 4 is 0 Å². The second-order valence-corrected chi connectivity index (χ2v) is 7.49. The molecule has 3 aromatic rings. The molecule has 0 bridgehead atoms. The average Bonchev–Trinajstić information content (AvgIpc) is 2.73. The van der Waals surface area contributed by atoms with Gasteiger partial charge in [0.2, 0.25) is 0 Å². The first kappa shape index (κ1) is 19.4. The summed E-state index contributed by atoms with van der Waals surface area (Å²) in [6, 6.07) is 17.1. The average molecular weight is 393 g/mol. The van der Waals surface area contributed by atoms with E-state index in [2.05, 4.69) is 0 Å². The molecule has 29 heavy (non-hydrogen) atoms. The standard InChI is InChI=1S/C24H24FNO3/c25-19-7-5-6-17(14-19)16-29-23-11-4-1-8-20(23)18-12-13-26(24(28)15-18)21-9-2-3-10-22(21)27/h1,4-8,11-15,21-22,27H,2-3,9-10,16H2/t21-,22-/m0/s1. The molecule has 1 N–H and O–H groups in total. The molecule has 0 amide bonds. The molecule has 5 heteroatoms. The number of para-hydroxylation sites is 1. The van der Waals surface area contributed by atoms with Gasteiger partial charge in [0.15, 0.2) is 0 Å². The molecule has 4 nitrogen and oxygen atoms in total. The van der Waals surface area contributed by atoms with Crippen LogP contribution in [0.1, 0.15) is 37.3 Å². The van der Waals surface area contributed by atoms with Crippen LogP contribution >= 0.6 is 0 Å². The number of rotatable bonds is 5. The van der Waals surface area contributed by atoms with Gasteiger partial charge in [-0.1, -0.05) is 43.2 Å². The van der Waals surface area contributed by atoms with Crippen LogP contribution in [0.3, 0.4) is 0 Å². The number of benzene rings is 2. The van der Waals surface area contributed by atoms with Gasteiger partial charge in [-0.2, -0.15) is 0 Å². The summed E-state index contributed by atoms with van der Waals surface area (Å²) < 4.78 is 21.0. The van der Waals surface area contributed by atoms with Crippen LogP contribution < -0.4 is 10.3 Å². The van der Waals surface area contributed by atoms with E-state index in [4.69, 9.17) is 4.74 Å². The summed E-state index contributed by atoms with van der Waals surface area (Å²) in [5, 5.41) is 10.3. The fraction of sp³-hybridized carbons (Fsp3) is 0.292. The smallest absolute Gasteiger partial charge is 0.251 e. The van der Waals surface area contributed by atoms with Crippen LogP contribution in [0.2, 0.25) is 0 Å². The van der Waals surface area contributed by atoms with Gasteiger partial charge in [-0.05, 0) is 48.2 Å². The third-order valence-corrected chi connectivity index (χ3v) is 5.48. The maximum Gasteiger partial charge on any atom is 0.251 e. The topological polar surface area (TPSA) is 51.5 Å². The number of aromatic nitrogens is 1. The Bertz CT molecular complexity index is 1050. The molecule has 0 radical (unpaired) electrons. The fourth-order valence-electron chi connectivity index (χ4n) is 3.97. The first-order valence-electron chi connectivity index (χ1n) is 9.99. The molecular formula is C24H24FNO3. The molecule has 0 spiro atoms. The number of pyridine rings is 1. The van der Waals surface area contributed by atoms with Crippen LogP contribution in [0.15, 0.2) is 71.7 Å². The molecular weight excluding hydrogens is 369 g/mol. The Hall–Kier alpha value is -2.92. The van der Waals surface area contributed by atoms with Gasteiger partial charge in [-0.25, -0.2) is 4.39 Å². The maximum absolute atomic E-state index is 13.4. The van der Waals surface area contributed by atoms with E-state index in [0.717, 1.165) is 42.4 Å². The summed E-state index contributed by atoms with van der Waals surface area (Å²) in [4.78, 5) is 12.8. The van der Waals surface area contributed by atoms with Crippen molar-refractivity contribution in [2.45, 2.75) is 44.4 Å². The molecule has 1 heterocycles. The lowest BCUT2D eigenvalue weighted by molar-refractivity contribution is 0.0738. The van der Waals surface area contributed by atoms with E-state index in [1.54, 1.807) is 22.9 Å². The highest BCUT2D eigenvalue weighted by Gasteiger charge is 2.25. The molecule has 1 aromatic heterocycles. The van der Waals surface area contributed by atoms with Gasteiger partial charge in [0.05, 0.1) is 12.1 Å². The van der Waals surface area contributed by atoms with E-state index in [9.17, 15) is 14.3 Å². The van der Waals surface area contributed by atoms with E-state index >= 15 is 0 Å². The van der Waals surface area contributed by atoms with Crippen LogP contribution in [0.4, 0.5) is 4.39 Å². The molecule has 2 atom stereocenters. The maximum atomic E-state index is 13.4. The minimum Gasteiger partial charge on any atom is -0.488 e. The van der Waals surface area contributed by atoms with Gasteiger partial charge < -0.3 is 14.4 Å². The molecule has 1 fully saturated rings. The third-order valence-electron chi connectivity index (χ3n) is 5.48. The van der Waals surface area contributed by atoms with Crippen LogP contribution in [-0.2, 0) is 6.61 Å². The first-order chi connectivity index (χ1) is 14.1. The van der Waals surface area contributed by atoms with Gasteiger partial charge in [-0.15, -0.1) is 0 Å². The van der Waals surface area contributed by atoms with E-state index in [-0.39, 0.29) is 24.0 Å². The molecule has 1 aliphatic rings. The molecule has 150 valence electrons. The molecule has 0 aliphatic heterocycles. The molecule has 2 aromatic carbocycles. The van der Waals surface area contributed by atoms with Gasteiger partial charge in [0, 0.05) is 17.8 Å². The normalized spacial score (nSPS) is 19.1. The Kier molecular flexibility index (Phi) is 5.76. The number of ether oxygens (including phenoxy) is 1. The zero-order chi connectivity index (χ0) is 20.2. The summed E-state index contributed by atoms with van der Waals surface area (Å²) in [5.41, 5.74) is 2.17. The fourth-order valence-corrected chi connectivity index (χ4v) is 3.97. The summed E-state index contributed by atoms with van der Waals surface area (Å²) in [6.07, 6.45) is 4.85. The number of aliphatic hydroxyl groups is 1. The number of hydrogen-bond acceptors (Lipinski definition) is 3. The lowest BCUT2D eigenvalue weighted by atomic mass is 9.92. The lowest BCUT2D eigenvalue weighted by Crippen LogP contribution is -2.34. The van der Waals surface area contributed by atoms with E-state index in [0.29, 0.717) is 5.75 Å². The highest BCUT2D eigenvalue weighted by Crippen LogP contribution is 2.31. The molecule has 1 aliphatic carbocycles. The first-order valence-corrected chi connectivity index (χ1v) is 9.99. The summed E-state index contributed by atoms with van der Waals surface area (Å²) >= 11 is 0. The van der Waals surface area contributed by atoms with Gasteiger partial charge in [-0.3, -0.25) is 4.79 Å². The lowest BCUT2D eigenvalue weighted by Gasteiger charge is -2.29. The van der Waals surface area contributed by atoms with Crippen LogP contribution in [0, 0.1) is 5.82 Å². The van der Waals surface area contributed by atoms with Gasteiger partial charge >= 0.3 is 0 Å². The number of halogens is 1. The minimum atomic E-state index is -0.478. The number of aliphatic hydroxyl groups excluding tert-OH is 1. The Morgan fingerprint density at radius 1 is 1.03 bits per heavy atom. The van der Waals surface area contributed by atoms with Crippen molar-refractivity contribution in [3.8, 4) is 16.9 Å². The summed E-state index contributed by atoms with van der Waals surface area (Å²) in [5.74, 6) is 0.333. The van der Waals surface area contributed by atoms with Crippen molar-refractivity contribution in [3.05, 3.63) is 88.6 Å². The van der Waals surface area contributed by atoms with Gasteiger partial charge in [0.1, 0.15) is 18.2 Å². The van der Waals surface area contributed by atoms with Crippen molar-refractivity contribution in [1.82, 2.24) is 4.57 Å². The van der Waals surface area contributed by atoms with E-state index in [1.165, 1.54) is 12.1 Å². The second-order valence-electron chi connectivity index (χ2n) is 7.49. The Balaban J connectivity index is 1.58. The largest absolute Gasteiger partial charge is 0.488 e. The molecule has 0 saturated heterocycles. The quantitative estimate of drug-likeness (QED) is 0.683. The Morgan fingerprint density at radius 3 is 2.66 bits per heavy atom. The highest BCUT2D eigenvalue weighted by atomic mass is 19.1. The Labute approximate surface area is 169 Å². The van der Waals surface area contributed by atoms with Crippen molar-refractivity contribution in [2.75, 3.05) is 0 Å². The second kappa shape index (κ2) is 8.62. The molecule has 1 saturated carbocycles. The summed E-state index contributed by atoms with van der Waals surface area (Å²) in [7, 11) is 0. The molecule has 0 unspecified atom stereocenters. The Morgan fingerprint density at radius 2 is 1.86 bits per heavy atom. The van der Waals surface area contributed by atoms with E-state index in [1.807, 2.05) is 36.4 Å². The van der Waals surface area contributed by atoms with Crippen LogP contribution in [0.25, 0.3) is 11.1 Å². The monoisotopic (exact) mass is 393 g/mol. The minimum absolute atomic E-state index is 0.131. The third kappa shape index (κ3) is 4.40. The predicted molar refractivity (Wildman–Crippen MR) is 110 cm³/mol. The van der Waals surface area contributed by atoms with Crippen molar-refractivity contribution in [3.63, 3.8) is 0 Å². The predicted octanol–water partition coefficient (Wildman–Crippen LogP) is 4.71. The van der Waals surface area contributed by atoms with Crippen LogP contribution in [0.5, 0.6) is 5.75 Å². The number of nitrogens with zero attached hydrogens (tertiary/aromatic N) is 1. The SMILES string of the molecule is O=c1cc(-c2ccccc2OCc2cccc(F)c2)ccn1[C@H]1CCCC[C@@H]1O.